The summed E-state index contributed by atoms with van der Waals surface area (Å²) in [6.07, 6.45) is 0. The highest BCUT2D eigenvalue weighted by molar-refractivity contribution is 6.43. The smallest absolute Gasteiger partial charge is 0.360 e. The molecule has 0 aliphatic carbocycles. The predicted octanol–water partition coefficient (Wildman–Crippen LogP) is 5.31. The van der Waals surface area contributed by atoms with E-state index in [1.807, 2.05) is 13.0 Å². The van der Waals surface area contributed by atoms with Crippen LogP contribution in [0.2, 0.25) is 10.0 Å². The van der Waals surface area contributed by atoms with Gasteiger partial charge in [0.2, 0.25) is 5.76 Å². The summed E-state index contributed by atoms with van der Waals surface area (Å²) in [4.78, 5) is 16.7. The number of carbonyl (C=O) groups is 1. The number of carbonyl (C=O) groups excluding carboxylic acids is 1. The van der Waals surface area contributed by atoms with Crippen LogP contribution >= 0.6 is 23.2 Å². The van der Waals surface area contributed by atoms with Gasteiger partial charge in [0.25, 0.3) is 0 Å². The number of ether oxygens (including phenoxy) is 1. The third-order valence-electron chi connectivity index (χ3n) is 3.93. The first-order valence-electron chi connectivity index (χ1n) is 8.28. The van der Waals surface area contributed by atoms with E-state index in [4.69, 9.17) is 32.4 Å². The number of aryl methyl sites for hydroxylation is 1. The van der Waals surface area contributed by atoms with Crippen molar-refractivity contribution in [3.8, 4) is 5.75 Å². The van der Waals surface area contributed by atoms with Crippen LogP contribution in [0.15, 0.2) is 45.8 Å². The lowest BCUT2D eigenvalue weighted by molar-refractivity contribution is -0.135. The van der Waals surface area contributed by atoms with Crippen molar-refractivity contribution in [3.05, 3.63) is 63.3 Å². The topological polar surface area (TPSA) is 72.0 Å². The zero-order valence-electron chi connectivity index (χ0n) is 14.8. The first kappa shape index (κ1) is 19.3. The van der Waals surface area contributed by atoms with Gasteiger partial charge in [0.05, 0.1) is 18.5 Å². The fourth-order valence-electron chi connectivity index (χ4n) is 2.59. The van der Waals surface area contributed by atoms with Gasteiger partial charge in [-0.15, -0.1) is 0 Å². The Hall–Kier alpha value is -2.50. The van der Waals surface area contributed by atoms with Crippen LogP contribution in [0.4, 0.5) is 0 Å². The average molecular weight is 406 g/mol. The first-order chi connectivity index (χ1) is 12.9. The van der Waals surface area contributed by atoms with Crippen molar-refractivity contribution in [2.45, 2.75) is 20.4 Å². The molecule has 0 bridgehead atoms. The Morgan fingerprint density at radius 3 is 2.70 bits per heavy atom. The van der Waals surface area contributed by atoms with Crippen LogP contribution < -0.4 is 0 Å². The molecule has 27 heavy (non-hydrogen) atoms. The van der Waals surface area contributed by atoms with E-state index in [1.165, 1.54) is 0 Å². The van der Waals surface area contributed by atoms with Gasteiger partial charge in [-0.25, -0.2) is 4.79 Å². The summed E-state index contributed by atoms with van der Waals surface area (Å²) in [6, 6.07) is 10.3. The highest BCUT2D eigenvalue weighted by atomic mass is 35.5. The molecule has 0 atom stereocenters. The second kappa shape index (κ2) is 8.03. The maximum Gasteiger partial charge on any atom is 0.360 e. The van der Waals surface area contributed by atoms with Gasteiger partial charge in [-0.1, -0.05) is 35.3 Å². The standard InChI is InChI=1S/C20H17Cl2NO4/c1-3-26-20(25)17(23-10-12-5-6-13(21)9-15(12)22)19-18(24)14-7-4-11(2)8-16(14)27-19/h4-9,24H,3,10H2,1-2H3. The minimum Gasteiger partial charge on any atom is -0.504 e. The highest BCUT2D eigenvalue weighted by Crippen LogP contribution is 2.33. The summed E-state index contributed by atoms with van der Waals surface area (Å²) in [5, 5.41) is 12.0. The van der Waals surface area contributed by atoms with Crippen molar-refractivity contribution in [2.75, 3.05) is 6.61 Å². The quantitative estimate of drug-likeness (QED) is 0.461. The van der Waals surface area contributed by atoms with E-state index in [0.29, 0.717) is 26.6 Å². The predicted molar refractivity (Wildman–Crippen MR) is 106 cm³/mol. The monoisotopic (exact) mass is 405 g/mol. The Labute approximate surface area is 166 Å². The van der Waals surface area contributed by atoms with Crippen LogP contribution in [0.3, 0.4) is 0 Å². The number of nitrogens with zero attached hydrogens (tertiary/aromatic N) is 1. The maximum absolute atomic E-state index is 12.4. The second-order valence-corrected chi connectivity index (χ2v) is 6.74. The summed E-state index contributed by atoms with van der Waals surface area (Å²) in [5.41, 5.74) is 2.00. The lowest BCUT2D eigenvalue weighted by Crippen LogP contribution is -2.19. The molecule has 5 nitrogen and oxygen atoms in total. The van der Waals surface area contributed by atoms with Crippen LogP contribution in [-0.2, 0) is 16.1 Å². The molecule has 3 rings (SSSR count). The number of esters is 1. The Balaban J connectivity index is 2.06. The average Bonchev–Trinajstić information content (AvgIpc) is 2.93. The number of halogens is 2. The van der Waals surface area contributed by atoms with Gasteiger partial charge >= 0.3 is 5.97 Å². The van der Waals surface area contributed by atoms with Gasteiger partial charge in [0.15, 0.2) is 11.5 Å². The number of benzene rings is 2. The normalized spacial score (nSPS) is 11.8. The molecule has 1 N–H and O–H groups in total. The molecule has 0 amide bonds. The number of aliphatic imine (C=N–C) groups is 1. The molecule has 0 radical (unpaired) electrons. The second-order valence-electron chi connectivity index (χ2n) is 5.90. The van der Waals surface area contributed by atoms with E-state index in [2.05, 4.69) is 4.99 Å². The zero-order chi connectivity index (χ0) is 19.6. The van der Waals surface area contributed by atoms with Gasteiger partial charge in [-0.05, 0) is 49.2 Å². The van der Waals surface area contributed by atoms with Crippen LogP contribution in [0.25, 0.3) is 11.0 Å². The minimum atomic E-state index is -0.686. The summed E-state index contributed by atoms with van der Waals surface area (Å²) in [6.45, 7) is 3.86. The van der Waals surface area contributed by atoms with Crippen molar-refractivity contribution < 1.29 is 19.1 Å². The molecule has 0 spiro atoms. The lowest BCUT2D eigenvalue weighted by atomic mass is 10.1. The molecular weight excluding hydrogens is 389 g/mol. The third kappa shape index (κ3) is 4.10. The van der Waals surface area contributed by atoms with E-state index < -0.39 is 5.97 Å². The highest BCUT2D eigenvalue weighted by Gasteiger charge is 2.25. The molecule has 1 heterocycles. The minimum absolute atomic E-state index is 0.0286. The summed E-state index contributed by atoms with van der Waals surface area (Å²) in [5.74, 6) is -0.869. The van der Waals surface area contributed by atoms with Crippen molar-refractivity contribution in [2.24, 2.45) is 4.99 Å². The molecule has 3 aromatic rings. The number of rotatable bonds is 5. The van der Waals surface area contributed by atoms with Gasteiger partial charge in [-0.2, -0.15) is 0 Å². The molecule has 0 unspecified atom stereocenters. The summed E-state index contributed by atoms with van der Waals surface area (Å²) >= 11 is 12.1. The van der Waals surface area contributed by atoms with Gasteiger partial charge in [0.1, 0.15) is 5.58 Å². The van der Waals surface area contributed by atoms with Crippen LogP contribution in [-0.4, -0.2) is 23.4 Å². The van der Waals surface area contributed by atoms with Crippen LogP contribution in [0.1, 0.15) is 23.8 Å². The van der Waals surface area contributed by atoms with Crippen molar-refractivity contribution in [1.29, 1.82) is 0 Å². The van der Waals surface area contributed by atoms with Crippen molar-refractivity contribution in [1.82, 2.24) is 0 Å². The number of furan rings is 1. The van der Waals surface area contributed by atoms with E-state index in [1.54, 1.807) is 37.3 Å². The number of fused-ring (bicyclic) bond motifs is 1. The Morgan fingerprint density at radius 1 is 1.22 bits per heavy atom. The molecule has 7 heteroatoms. The molecule has 0 fully saturated rings. The van der Waals surface area contributed by atoms with E-state index in [-0.39, 0.29) is 30.4 Å². The molecule has 1 aromatic heterocycles. The molecule has 2 aromatic carbocycles. The molecular formula is C20H17Cl2NO4. The fraction of sp³-hybridized carbons (Fsp3) is 0.200. The number of aromatic hydroxyl groups is 1. The third-order valence-corrected chi connectivity index (χ3v) is 4.51. The SMILES string of the molecule is CCOC(=O)C(=NCc1ccc(Cl)cc1Cl)c1oc2cc(C)ccc2c1O. The number of hydrogen-bond donors (Lipinski definition) is 1. The van der Waals surface area contributed by atoms with Crippen LogP contribution in [0.5, 0.6) is 5.75 Å². The Bertz CT molecular complexity index is 1040. The van der Waals surface area contributed by atoms with Gasteiger partial charge in [-0.3, -0.25) is 4.99 Å². The summed E-state index contributed by atoms with van der Waals surface area (Å²) in [7, 11) is 0. The van der Waals surface area contributed by atoms with Crippen LogP contribution in [0, 0.1) is 6.92 Å². The molecule has 0 aliphatic rings. The summed E-state index contributed by atoms with van der Waals surface area (Å²) < 4.78 is 10.8. The molecule has 0 saturated heterocycles. The molecule has 140 valence electrons. The first-order valence-corrected chi connectivity index (χ1v) is 9.04. The Kier molecular flexibility index (Phi) is 5.73. The van der Waals surface area contributed by atoms with Crippen molar-refractivity contribution >= 4 is 45.9 Å². The number of hydrogen-bond acceptors (Lipinski definition) is 5. The van der Waals surface area contributed by atoms with E-state index in [9.17, 15) is 9.90 Å². The Morgan fingerprint density at radius 2 is 2.00 bits per heavy atom. The molecule has 0 aliphatic heterocycles. The van der Waals surface area contributed by atoms with Crippen molar-refractivity contribution in [3.63, 3.8) is 0 Å². The maximum atomic E-state index is 12.4. The fourth-order valence-corrected chi connectivity index (χ4v) is 3.06. The van der Waals surface area contributed by atoms with E-state index >= 15 is 0 Å². The zero-order valence-corrected chi connectivity index (χ0v) is 16.3. The largest absolute Gasteiger partial charge is 0.504 e. The lowest BCUT2D eigenvalue weighted by Gasteiger charge is -2.06. The van der Waals surface area contributed by atoms with E-state index in [0.717, 1.165) is 5.56 Å². The molecule has 0 saturated carbocycles. The van der Waals surface area contributed by atoms with Gasteiger partial charge in [0, 0.05) is 10.0 Å². The van der Waals surface area contributed by atoms with Gasteiger partial charge < -0.3 is 14.3 Å².